The first-order chi connectivity index (χ1) is 8.04. The summed E-state index contributed by atoms with van der Waals surface area (Å²) in [7, 11) is 0. The summed E-state index contributed by atoms with van der Waals surface area (Å²) in [5, 5.41) is 3.23. The Morgan fingerprint density at radius 1 is 1.29 bits per heavy atom. The van der Waals surface area contributed by atoms with Crippen LogP contribution in [0.5, 0.6) is 0 Å². The summed E-state index contributed by atoms with van der Waals surface area (Å²) in [6, 6.07) is 5.64. The maximum Gasteiger partial charge on any atom is 0.136 e. The quantitative estimate of drug-likeness (QED) is 0.863. The van der Waals surface area contributed by atoms with E-state index < -0.39 is 0 Å². The van der Waals surface area contributed by atoms with Crippen molar-refractivity contribution in [1.82, 2.24) is 9.97 Å². The number of nitrogens with one attached hydrogen (secondary N) is 1. The second-order valence-electron chi connectivity index (χ2n) is 3.47. The van der Waals surface area contributed by atoms with Crippen molar-refractivity contribution in [3.63, 3.8) is 0 Å². The second kappa shape index (κ2) is 4.55. The molecule has 0 aliphatic carbocycles. The molecule has 0 atom stereocenters. The lowest BCUT2D eigenvalue weighted by Gasteiger charge is -2.08. The van der Waals surface area contributed by atoms with Gasteiger partial charge in [0.25, 0.3) is 0 Å². The van der Waals surface area contributed by atoms with Crippen LogP contribution in [0.15, 0.2) is 24.3 Å². The summed E-state index contributed by atoms with van der Waals surface area (Å²) in [5.74, 6) is 1.03. The van der Waals surface area contributed by atoms with E-state index >= 15 is 0 Å². The highest BCUT2D eigenvalue weighted by molar-refractivity contribution is 6.33. The Balaban J connectivity index is 2.31. The van der Waals surface area contributed by atoms with Gasteiger partial charge in [0.2, 0.25) is 0 Å². The highest BCUT2D eigenvalue weighted by Crippen LogP contribution is 2.25. The molecule has 0 aliphatic rings. The maximum atomic E-state index is 12.9. The summed E-state index contributed by atoms with van der Waals surface area (Å²) in [6.07, 6.45) is 0. The SMILES string of the molecule is Cc1nc(N)cc(Nc2ccc(F)cc2Cl)n1. The number of nitrogen functional groups attached to an aromatic ring is 1. The van der Waals surface area contributed by atoms with Crippen molar-refractivity contribution in [2.24, 2.45) is 0 Å². The minimum atomic E-state index is -0.390. The summed E-state index contributed by atoms with van der Waals surface area (Å²) in [6.45, 7) is 1.73. The van der Waals surface area contributed by atoms with E-state index in [0.29, 0.717) is 23.1 Å². The van der Waals surface area contributed by atoms with Crippen LogP contribution in [0.25, 0.3) is 0 Å². The van der Waals surface area contributed by atoms with Crippen LogP contribution in [-0.4, -0.2) is 9.97 Å². The van der Waals surface area contributed by atoms with Gasteiger partial charge in [0, 0.05) is 6.07 Å². The highest BCUT2D eigenvalue weighted by Gasteiger charge is 2.04. The molecule has 2 rings (SSSR count). The Bertz CT molecular complexity index is 539. The average molecular weight is 253 g/mol. The highest BCUT2D eigenvalue weighted by atomic mass is 35.5. The molecule has 1 aromatic heterocycles. The number of aromatic nitrogens is 2. The first kappa shape index (κ1) is 11.6. The third-order valence-electron chi connectivity index (χ3n) is 2.05. The molecule has 0 bridgehead atoms. The Labute approximate surface area is 103 Å². The van der Waals surface area contributed by atoms with Gasteiger partial charge in [-0.15, -0.1) is 0 Å². The molecule has 0 amide bonds. The Hall–Kier alpha value is -1.88. The van der Waals surface area contributed by atoms with Gasteiger partial charge in [-0.3, -0.25) is 0 Å². The van der Waals surface area contributed by atoms with Gasteiger partial charge in [0.1, 0.15) is 23.3 Å². The van der Waals surface area contributed by atoms with Gasteiger partial charge in [-0.05, 0) is 25.1 Å². The summed E-state index contributed by atoms with van der Waals surface area (Å²) < 4.78 is 12.9. The van der Waals surface area contributed by atoms with Crippen LogP contribution in [-0.2, 0) is 0 Å². The zero-order valence-electron chi connectivity index (χ0n) is 9.04. The van der Waals surface area contributed by atoms with E-state index in [1.54, 1.807) is 13.0 Å². The minimum absolute atomic E-state index is 0.278. The monoisotopic (exact) mass is 252 g/mol. The molecule has 3 N–H and O–H groups in total. The van der Waals surface area contributed by atoms with Gasteiger partial charge in [-0.2, -0.15) is 0 Å². The van der Waals surface area contributed by atoms with E-state index in [4.69, 9.17) is 17.3 Å². The molecule has 6 heteroatoms. The predicted octanol–water partition coefficient (Wildman–Crippen LogP) is 2.90. The van der Waals surface area contributed by atoms with Crippen LogP contribution in [0.2, 0.25) is 5.02 Å². The molecular formula is C11H10ClFN4. The average Bonchev–Trinajstić information content (AvgIpc) is 2.21. The van der Waals surface area contributed by atoms with Crippen molar-refractivity contribution < 1.29 is 4.39 Å². The molecule has 2 aromatic rings. The molecule has 4 nitrogen and oxygen atoms in total. The van der Waals surface area contributed by atoms with Crippen LogP contribution in [0.3, 0.4) is 0 Å². The fraction of sp³-hybridized carbons (Fsp3) is 0.0909. The number of aryl methyl sites for hydroxylation is 1. The van der Waals surface area contributed by atoms with Gasteiger partial charge < -0.3 is 11.1 Å². The first-order valence-corrected chi connectivity index (χ1v) is 5.25. The Kier molecular flexibility index (Phi) is 3.10. The molecule has 0 radical (unpaired) electrons. The van der Waals surface area contributed by atoms with Gasteiger partial charge in [0.15, 0.2) is 0 Å². The number of nitrogens with zero attached hydrogens (tertiary/aromatic N) is 2. The molecule has 0 aliphatic heterocycles. The fourth-order valence-corrected chi connectivity index (χ4v) is 1.60. The lowest BCUT2D eigenvalue weighted by atomic mass is 10.3. The summed E-state index contributed by atoms with van der Waals surface area (Å²) >= 11 is 5.88. The van der Waals surface area contributed by atoms with Crippen molar-refractivity contribution in [1.29, 1.82) is 0 Å². The first-order valence-electron chi connectivity index (χ1n) is 4.88. The molecule has 0 saturated carbocycles. The molecular weight excluding hydrogens is 243 g/mol. The van der Waals surface area contributed by atoms with Crippen LogP contribution in [0.1, 0.15) is 5.82 Å². The second-order valence-corrected chi connectivity index (χ2v) is 3.88. The number of benzene rings is 1. The van der Waals surface area contributed by atoms with Crippen LogP contribution in [0, 0.1) is 12.7 Å². The lowest BCUT2D eigenvalue weighted by molar-refractivity contribution is 0.628. The molecule has 1 heterocycles. The molecule has 0 spiro atoms. The Morgan fingerprint density at radius 3 is 2.71 bits per heavy atom. The molecule has 1 aromatic carbocycles. The predicted molar refractivity (Wildman–Crippen MR) is 65.9 cm³/mol. The Morgan fingerprint density at radius 2 is 2.06 bits per heavy atom. The molecule has 0 unspecified atom stereocenters. The number of halogens is 2. The summed E-state index contributed by atoms with van der Waals surface area (Å²) in [5.41, 5.74) is 6.15. The van der Waals surface area contributed by atoms with Crippen LogP contribution in [0.4, 0.5) is 21.7 Å². The van der Waals surface area contributed by atoms with E-state index in [9.17, 15) is 4.39 Å². The smallest absolute Gasteiger partial charge is 0.136 e. The zero-order valence-corrected chi connectivity index (χ0v) is 9.79. The third kappa shape index (κ3) is 2.82. The van der Waals surface area contributed by atoms with Crippen LogP contribution < -0.4 is 11.1 Å². The van der Waals surface area contributed by atoms with Gasteiger partial charge in [0.05, 0.1) is 10.7 Å². The molecule has 0 fully saturated rings. The van der Waals surface area contributed by atoms with Crippen molar-refractivity contribution in [3.8, 4) is 0 Å². The number of anilines is 3. The van der Waals surface area contributed by atoms with E-state index in [-0.39, 0.29) is 10.8 Å². The van der Waals surface area contributed by atoms with E-state index in [0.717, 1.165) is 0 Å². The standard InChI is InChI=1S/C11H10ClFN4/c1-6-15-10(14)5-11(16-6)17-9-3-2-7(13)4-8(9)12/h2-5H,1H3,(H3,14,15,16,17). The van der Waals surface area contributed by atoms with Gasteiger partial charge in [-0.25, -0.2) is 14.4 Å². The largest absolute Gasteiger partial charge is 0.384 e. The van der Waals surface area contributed by atoms with E-state index in [2.05, 4.69) is 15.3 Å². The minimum Gasteiger partial charge on any atom is -0.384 e. The zero-order chi connectivity index (χ0) is 12.4. The van der Waals surface area contributed by atoms with Gasteiger partial charge in [-0.1, -0.05) is 11.6 Å². The number of rotatable bonds is 2. The van der Waals surface area contributed by atoms with Gasteiger partial charge >= 0.3 is 0 Å². The van der Waals surface area contributed by atoms with Crippen molar-refractivity contribution in [2.45, 2.75) is 6.92 Å². The van der Waals surface area contributed by atoms with Crippen molar-refractivity contribution >= 4 is 28.9 Å². The number of hydrogen-bond donors (Lipinski definition) is 2. The topological polar surface area (TPSA) is 63.8 Å². The normalized spacial score (nSPS) is 10.3. The molecule has 0 saturated heterocycles. The maximum absolute atomic E-state index is 12.9. The van der Waals surface area contributed by atoms with Crippen molar-refractivity contribution in [3.05, 3.63) is 40.9 Å². The van der Waals surface area contributed by atoms with Crippen LogP contribution >= 0.6 is 11.6 Å². The summed E-state index contributed by atoms with van der Waals surface area (Å²) in [4.78, 5) is 8.08. The molecule has 88 valence electrons. The molecule has 17 heavy (non-hydrogen) atoms. The number of nitrogens with two attached hydrogens (primary N) is 1. The van der Waals surface area contributed by atoms with E-state index in [1.165, 1.54) is 18.2 Å². The third-order valence-corrected chi connectivity index (χ3v) is 2.36. The van der Waals surface area contributed by atoms with Crippen molar-refractivity contribution in [2.75, 3.05) is 11.1 Å². The van der Waals surface area contributed by atoms with E-state index in [1.807, 2.05) is 0 Å². The number of hydrogen-bond acceptors (Lipinski definition) is 4. The fourth-order valence-electron chi connectivity index (χ4n) is 1.38. The lowest BCUT2D eigenvalue weighted by Crippen LogP contribution is -2.01.